The maximum Gasteiger partial charge on any atom is 0.262 e. The minimum atomic E-state index is -1.29. The molecule has 2 fully saturated rings. The van der Waals surface area contributed by atoms with Gasteiger partial charge in [-0.15, -0.1) is 0 Å². The van der Waals surface area contributed by atoms with Crippen molar-refractivity contribution in [2.45, 2.75) is 68.7 Å². The van der Waals surface area contributed by atoms with Gasteiger partial charge in [-0.1, -0.05) is 19.3 Å². The van der Waals surface area contributed by atoms with Crippen molar-refractivity contribution in [3.8, 4) is 5.75 Å². The van der Waals surface area contributed by atoms with E-state index in [-0.39, 0.29) is 23.2 Å². The van der Waals surface area contributed by atoms with Crippen molar-refractivity contribution in [2.24, 2.45) is 0 Å². The van der Waals surface area contributed by atoms with E-state index in [9.17, 15) is 9.00 Å². The van der Waals surface area contributed by atoms with Crippen molar-refractivity contribution in [3.05, 3.63) is 46.0 Å². The summed E-state index contributed by atoms with van der Waals surface area (Å²) in [5.74, 6) is 1.83. The molecule has 0 bridgehead atoms. The monoisotopic (exact) mass is 471 g/mol. The lowest BCUT2D eigenvalue weighted by Crippen LogP contribution is -2.37. The van der Waals surface area contributed by atoms with Crippen LogP contribution in [0.1, 0.15) is 69.2 Å². The fourth-order valence-electron chi connectivity index (χ4n) is 4.73. The van der Waals surface area contributed by atoms with Crippen LogP contribution in [0.25, 0.3) is 0 Å². The summed E-state index contributed by atoms with van der Waals surface area (Å²) in [6.07, 6.45) is 7.42. The molecule has 1 aromatic heterocycles. The molecule has 1 aliphatic carbocycles. The minimum Gasteiger partial charge on any atom is -0.497 e. The van der Waals surface area contributed by atoms with Crippen molar-refractivity contribution in [3.63, 3.8) is 0 Å². The van der Waals surface area contributed by atoms with Gasteiger partial charge < -0.3 is 20.4 Å². The first kappa shape index (κ1) is 23.6. The summed E-state index contributed by atoms with van der Waals surface area (Å²) in [5.41, 5.74) is 0.248. The summed E-state index contributed by atoms with van der Waals surface area (Å²) in [7, 11) is 0.314. The summed E-state index contributed by atoms with van der Waals surface area (Å²) in [4.78, 5) is 21.4. The predicted octanol–water partition coefficient (Wildman–Crippen LogP) is 3.81. The Kier molecular flexibility index (Phi) is 7.60. The van der Waals surface area contributed by atoms with E-state index in [0.717, 1.165) is 42.9 Å². The van der Waals surface area contributed by atoms with Crippen LogP contribution in [0.15, 0.2) is 34.0 Å². The van der Waals surface area contributed by atoms with E-state index in [2.05, 4.69) is 10.3 Å². The Balaban J connectivity index is 1.56. The second-order valence-electron chi connectivity index (χ2n) is 8.93. The lowest BCUT2D eigenvalue weighted by atomic mass is 9.95. The standard InChI is InChI=1S/C24H33N5O3S/c1-16(25)21-23(26-18-8-4-3-5-9-18)27-22(28-24(21)30)17-7-6-14-29(15-17)33(31)20-12-10-19(32-2)11-13-20/h10-13,17-18,25H,3-9,14-15H2,1-2H3,(H2,26,27,28,30). The summed E-state index contributed by atoms with van der Waals surface area (Å²) in [5, 5.41) is 11.6. The van der Waals surface area contributed by atoms with Crippen LogP contribution < -0.4 is 15.6 Å². The number of benzene rings is 1. The van der Waals surface area contributed by atoms with Crippen LogP contribution in [0.2, 0.25) is 0 Å². The maximum absolute atomic E-state index is 13.2. The van der Waals surface area contributed by atoms with Crippen LogP contribution in [0, 0.1) is 5.41 Å². The largest absolute Gasteiger partial charge is 0.497 e. The van der Waals surface area contributed by atoms with Gasteiger partial charge in [-0.25, -0.2) is 13.5 Å². The molecule has 0 radical (unpaired) electrons. The quantitative estimate of drug-likeness (QED) is 0.532. The minimum absolute atomic E-state index is 0.0272. The molecular weight excluding hydrogens is 438 g/mol. The van der Waals surface area contributed by atoms with E-state index in [4.69, 9.17) is 15.1 Å². The van der Waals surface area contributed by atoms with Crippen molar-refractivity contribution >= 4 is 22.5 Å². The zero-order chi connectivity index (χ0) is 23.4. The topological polar surface area (TPSA) is 111 Å². The van der Waals surface area contributed by atoms with Gasteiger partial charge in [0.25, 0.3) is 5.56 Å². The average molecular weight is 472 g/mol. The van der Waals surface area contributed by atoms with E-state index in [1.165, 1.54) is 19.3 Å². The Morgan fingerprint density at radius 2 is 1.91 bits per heavy atom. The zero-order valence-electron chi connectivity index (χ0n) is 19.4. The molecule has 1 saturated carbocycles. The number of anilines is 1. The fourth-order valence-corrected chi connectivity index (χ4v) is 6.01. The zero-order valence-corrected chi connectivity index (χ0v) is 20.2. The van der Waals surface area contributed by atoms with Crippen molar-refractivity contribution in [1.29, 1.82) is 5.41 Å². The van der Waals surface area contributed by atoms with E-state index >= 15 is 0 Å². The third-order valence-electron chi connectivity index (χ3n) is 6.53. The third kappa shape index (κ3) is 5.52. The molecule has 0 amide bonds. The number of methoxy groups -OCH3 is 1. The van der Waals surface area contributed by atoms with Gasteiger partial charge in [0.05, 0.1) is 12.0 Å². The van der Waals surface area contributed by atoms with E-state index in [0.29, 0.717) is 23.8 Å². The fraction of sp³-hybridized carbons (Fsp3) is 0.542. The Labute approximate surface area is 197 Å². The van der Waals surface area contributed by atoms with E-state index < -0.39 is 11.0 Å². The maximum atomic E-state index is 13.2. The number of hydrogen-bond acceptors (Lipinski definition) is 6. The van der Waals surface area contributed by atoms with E-state index in [1.54, 1.807) is 14.0 Å². The molecule has 1 aromatic carbocycles. The van der Waals surface area contributed by atoms with Gasteiger partial charge in [0.2, 0.25) is 0 Å². The Bertz CT molecular complexity index is 1060. The number of aromatic amines is 1. The Hall–Kier alpha value is -2.52. The smallest absolute Gasteiger partial charge is 0.262 e. The molecule has 2 unspecified atom stereocenters. The van der Waals surface area contributed by atoms with Crippen LogP contribution in [0.4, 0.5) is 5.82 Å². The van der Waals surface area contributed by atoms with Crippen molar-refractivity contribution in [2.75, 3.05) is 25.5 Å². The number of nitrogens with one attached hydrogen (secondary N) is 3. The second-order valence-corrected chi connectivity index (χ2v) is 10.4. The summed E-state index contributed by atoms with van der Waals surface area (Å²) in [6.45, 7) is 2.90. The first-order valence-corrected chi connectivity index (χ1v) is 12.8. The first-order valence-electron chi connectivity index (χ1n) is 11.7. The molecule has 2 aromatic rings. The molecular formula is C24H33N5O3S. The highest BCUT2D eigenvalue weighted by atomic mass is 32.2. The molecule has 1 aliphatic heterocycles. The van der Waals surface area contributed by atoms with Crippen molar-refractivity contribution in [1.82, 2.24) is 14.3 Å². The average Bonchev–Trinajstić information content (AvgIpc) is 2.84. The normalized spacial score (nSPS) is 20.8. The molecule has 0 spiro atoms. The lowest BCUT2D eigenvalue weighted by Gasteiger charge is -2.31. The molecule has 8 nitrogen and oxygen atoms in total. The molecule has 3 N–H and O–H groups in total. The Morgan fingerprint density at radius 3 is 2.58 bits per heavy atom. The first-order chi connectivity index (χ1) is 16.0. The van der Waals surface area contributed by atoms with Crippen LogP contribution in [-0.2, 0) is 11.0 Å². The summed E-state index contributed by atoms with van der Waals surface area (Å²) in [6, 6.07) is 7.56. The molecule has 4 rings (SSSR count). The van der Waals surface area contributed by atoms with Gasteiger partial charge in [0.1, 0.15) is 33.9 Å². The summed E-state index contributed by atoms with van der Waals surface area (Å²) < 4.78 is 20.3. The number of hydrogen-bond donors (Lipinski definition) is 3. The Morgan fingerprint density at radius 1 is 1.18 bits per heavy atom. The highest BCUT2D eigenvalue weighted by Gasteiger charge is 2.29. The number of nitrogens with zero attached hydrogens (tertiary/aromatic N) is 2. The van der Waals surface area contributed by atoms with Gasteiger partial charge in [0, 0.05) is 30.8 Å². The van der Waals surface area contributed by atoms with Crippen molar-refractivity contribution < 1.29 is 8.95 Å². The second kappa shape index (κ2) is 10.6. The number of rotatable bonds is 7. The van der Waals surface area contributed by atoms with Crippen LogP contribution in [0.3, 0.4) is 0 Å². The van der Waals surface area contributed by atoms with Gasteiger partial charge in [-0.3, -0.25) is 4.79 Å². The molecule has 178 valence electrons. The van der Waals surface area contributed by atoms with Crippen LogP contribution in [0.5, 0.6) is 5.75 Å². The molecule has 2 heterocycles. The highest BCUT2D eigenvalue weighted by molar-refractivity contribution is 7.82. The highest BCUT2D eigenvalue weighted by Crippen LogP contribution is 2.29. The number of aromatic nitrogens is 2. The summed E-state index contributed by atoms with van der Waals surface area (Å²) >= 11 is 0. The van der Waals surface area contributed by atoms with Crippen LogP contribution >= 0.6 is 0 Å². The number of piperidine rings is 1. The van der Waals surface area contributed by atoms with Gasteiger partial charge in [-0.05, 0) is 56.9 Å². The van der Waals surface area contributed by atoms with Gasteiger partial charge in [0.15, 0.2) is 0 Å². The predicted molar refractivity (Wildman–Crippen MR) is 131 cm³/mol. The molecule has 2 atom stereocenters. The number of ether oxygens (including phenoxy) is 1. The molecule has 33 heavy (non-hydrogen) atoms. The molecule has 1 saturated heterocycles. The molecule has 9 heteroatoms. The van der Waals surface area contributed by atoms with Gasteiger partial charge in [-0.2, -0.15) is 0 Å². The molecule has 2 aliphatic rings. The lowest BCUT2D eigenvalue weighted by molar-refractivity contribution is 0.322. The van der Waals surface area contributed by atoms with Gasteiger partial charge >= 0.3 is 0 Å². The van der Waals surface area contributed by atoms with Crippen LogP contribution in [-0.4, -0.2) is 50.4 Å². The number of H-pyrrole nitrogens is 1. The third-order valence-corrected chi connectivity index (χ3v) is 8.00. The SMILES string of the molecule is COc1ccc(S(=O)N2CCCC(c3nc(NC4CCCCC4)c(C(C)=N)c(=O)[nH]3)C2)cc1. The van der Waals surface area contributed by atoms with E-state index in [1.807, 2.05) is 28.6 Å².